The Morgan fingerprint density at radius 1 is 0.844 bits per heavy atom. The van der Waals surface area contributed by atoms with Gasteiger partial charge < -0.3 is 4.90 Å². The number of carbonyl (C=O) groups is 2. The minimum absolute atomic E-state index is 0.0237. The van der Waals surface area contributed by atoms with Crippen molar-refractivity contribution in [3.05, 3.63) is 94.5 Å². The van der Waals surface area contributed by atoms with Gasteiger partial charge in [-0.2, -0.15) is 0 Å². The highest BCUT2D eigenvalue weighted by Gasteiger charge is 2.42. The van der Waals surface area contributed by atoms with E-state index in [-0.39, 0.29) is 18.4 Å². The molecule has 1 atom stereocenters. The lowest BCUT2D eigenvalue weighted by atomic mass is 9.94. The van der Waals surface area contributed by atoms with E-state index < -0.39 is 6.04 Å². The molecule has 0 bridgehead atoms. The maximum Gasteiger partial charge on any atom is 0.255 e. The average Bonchev–Trinajstić information content (AvgIpc) is 2.78. The second kappa shape index (κ2) is 8.62. The second-order valence-corrected chi connectivity index (χ2v) is 8.97. The van der Waals surface area contributed by atoms with Crippen molar-refractivity contribution in [3.63, 3.8) is 0 Å². The fourth-order valence-electron chi connectivity index (χ4n) is 4.26. The number of hydrogen-bond acceptors (Lipinski definition) is 2. The van der Waals surface area contributed by atoms with Gasteiger partial charge in [-0.1, -0.05) is 67.9 Å². The van der Waals surface area contributed by atoms with Crippen LogP contribution in [0.15, 0.2) is 66.7 Å². The summed E-state index contributed by atoms with van der Waals surface area (Å²) in [7, 11) is 0. The van der Waals surface area contributed by atoms with Gasteiger partial charge in [0, 0.05) is 11.4 Å². The Kier molecular flexibility index (Phi) is 5.88. The first-order valence-electron chi connectivity index (χ1n) is 11.1. The Hall–Kier alpha value is -3.40. The molecule has 0 N–H and O–H groups in total. The zero-order valence-electron chi connectivity index (χ0n) is 19.4. The van der Waals surface area contributed by atoms with E-state index in [1.807, 2.05) is 75.4 Å². The third kappa shape index (κ3) is 3.93. The van der Waals surface area contributed by atoms with Crippen LogP contribution in [0.2, 0.25) is 0 Å². The van der Waals surface area contributed by atoms with Gasteiger partial charge in [-0.15, -0.1) is 0 Å². The summed E-state index contributed by atoms with van der Waals surface area (Å²) in [6, 6.07) is 21.1. The fraction of sp³-hybridized carbons (Fsp3) is 0.286. The number of benzene rings is 3. The predicted octanol–water partition coefficient (Wildman–Crippen LogP) is 5.86. The van der Waals surface area contributed by atoms with Gasteiger partial charge in [0.05, 0.1) is 0 Å². The van der Waals surface area contributed by atoms with Crippen LogP contribution < -0.4 is 9.80 Å². The summed E-state index contributed by atoms with van der Waals surface area (Å²) in [5.74, 6) is 0.218. The smallest absolute Gasteiger partial charge is 0.255 e. The normalized spacial score (nSPS) is 16.8. The van der Waals surface area contributed by atoms with Crippen molar-refractivity contribution in [2.45, 2.75) is 46.6 Å². The summed E-state index contributed by atoms with van der Waals surface area (Å²) in [4.78, 5) is 30.7. The van der Waals surface area contributed by atoms with Crippen LogP contribution in [0.25, 0.3) is 0 Å². The molecular formula is C28H30N2O2. The van der Waals surface area contributed by atoms with Gasteiger partial charge in [-0.05, 0) is 67.1 Å². The maximum absolute atomic E-state index is 13.9. The monoisotopic (exact) mass is 426 g/mol. The van der Waals surface area contributed by atoms with Crippen LogP contribution in [0, 0.1) is 20.8 Å². The second-order valence-electron chi connectivity index (χ2n) is 8.97. The van der Waals surface area contributed by atoms with Crippen LogP contribution in [-0.2, 0) is 9.59 Å². The lowest BCUT2D eigenvalue weighted by Gasteiger charge is -2.41. The lowest BCUT2D eigenvalue weighted by molar-refractivity contribution is -0.128. The van der Waals surface area contributed by atoms with Gasteiger partial charge in [0.15, 0.2) is 0 Å². The van der Waals surface area contributed by atoms with Gasteiger partial charge in [-0.25, -0.2) is 0 Å². The van der Waals surface area contributed by atoms with E-state index in [2.05, 4.69) is 26.0 Å². The number of carbonyl (C=O) groups excluding carboxylic acids is 2. The molecule has 0 aromatic heterocycles. The minimum atomic E-state index is -0.709. The van der Waals surface area contributed by atoms with Crippen LogP contribution in [0.3, 0.4) is 0 Å². The zero-order valence-corrected chi connectivity index (χ0v) is 19.4. The molecule has 32 heavy (non-hydrogen) atoms. The summed E-state index contributed by atoms with van der Waals surface area (Å²) < 4.78 is 0. The molecule has 0 aliphatic carbocycles. The van der Waals surface area contributed by atoms with Crippen LogP contribution in [0.5, 0.6) is 0 Å². The molecule has 4 nitrogen and oxygen atoms in total. The molecule has 3 aromatic rings. The first kappa shape index (κ1) is 21.8. The van der Waals surface area contributed by atoms with Crippen molar-refractivity contribution in [1.82, 2.24) is 0 Å². The number of anilines is 2. The van der Waals surface area contributed by atoms with Gasteiger partial charge in [0.1, 0.15) is 12.6 Å². The molecule has 1 saturated heterocycles. The Morgan fingerprint density at radius 3 is 2.12 bits per heavy atom. The van der Waals surface area contributed by atoms with E-state index in [0.29, 0.717) is 5.92 Å². The summed E-state index contributed by atoms with van der Waals surface area (Å²) in [5.41, 5.74) is 6.80. The van der Waals surface area contributed by atoms with Crippen LogP contribution in [-0.4, -0.2) is 18.4 Å². The topological polar surface area (TPSA) is 40.6 Å². The number of hydrogen-bond donors (Lipinski definition) is 0. The third-order valence-corrected chi connectivity index (χ3v) is 6.42. The van der Waals surface area contributed by atoms with Crippen molar-refractivity contribution in [2.75, 3.05) is 16.3 Å². The number of aryl methyl sites for hydroxylation is 2. The first-order chi connectivity index (χ1) is 15.3. The number of amides is 2. The van der Waals surface area contributed by atoms with Gasteiger partial charge in [0.25, 0.3) is 5.91 Å². The SMILES string of the molecule is Cc1ccc(N2CC(=O)N(c3cccc(C)c3C)[C@H](c3ccc(C(C)C)cc3)C2=O)cc1. The van der Waals surface area contributed by atoms with E-state index >= 15 is 0 Å². The van der Waals surface area contributed by atoms with E-state index in [1.54, 1.807) is 9.80 Å². The molecule has 4 heteroatoms. The summed E-state index contributed by atoms with van der Waals surface area (Å²) in [6.45, 7) is 10.4. The van der Waals surface area contributed by atoms with Crippen molar-refractivity contribution >= 4 is 23.2 Å². The Morgan fingerprint density at radius 2 is 1.50 bits per heavy atom. The van der Waals surface area contributed by atoms with Crippen molar-refractivity contribution < 1.29 is 9.59 Å². The highest BCUT2D eigenvalue weighted by molar-refractivity contribution is 6.14. The lowest BCUT2D eigenvalue weighted by Crippen LogP contribution is -2.56. The molecular weight excluding hydrogens is 396 g/mol. The molecule has 0 radical (unpaired) electrons. The number of piperazine rings is 1. The molecule has 0 unspecified atom stereocenters. The number of rotatable bonds is 4. The first-order valence-corrected chi connectivity index (χ1v) is 11.1. The third-order valence-electron chi connectivity index (χ3n) is 6.42. The van der Waals surface area contributed by atoms with E-state index in [4.69, 9.17) is 0 Å². The van der Waals surface area contributed by atoms with Gasteiger partial charge in [0.2, 0.25) is 5.91 Å². The van der Waals surface area contributed by atoms with Crippen LogP contribution in [0.1, 0.15) is 53.6 Å². The number of nitrogens with zero attached hydrogens (tertiary/aromatic N) is 2. The standard InChI is InChI=1S/C28H30N2O2/c1-18(2)22-11-13-23(14-12-22)27-28(32)29(24-15-9-19(3)10-16-24)17-26(31)30(27)25-8-6-7-20(4)21(25)5/h6-16,18,27H,17H2,1-5H3/t27-/m1/s1. The fourth-order valence-corrected chi connectivity index (χ4v) is 4.26. The summed E-state index contributed by atoms with van der Waals surface area (Å²) in [5, 5.41) is 0. The molecule has 3 aromatic carbocycles. The molecule has 164 valence electrons. The predicted molar refractivity (Wildman–Crippen MR) is 130 cm³/mol. The van der Waals surface area contributed by atoms with E-state index in [9.17, 15) is 9.59 Å². The van der Waals surface area contributed by atoms with Gasteiger partial charge in [-0.3, -0.25) is 14.5 Å². The molecule has 0 saturated carbocycles. The van der Waals surface area contributed by atoms with Crippen molar-refractivity contribution in [2.24, 2.45) is 0 Å². The van der Waals surface area contributed by atoms with Crippen LogP contribution >= 0.6 is 0 Å². The van der Waals surface area contributed by atoms with Crippen molar-refractivity contribution in [1.29, 1.82) is 0 Å². The molecule has 0 spiro atoms. The molecule has 1 heterocycles. The Bertz CT molecular complexity index is 1150. The Labute approximate surface area is 190 Å². The summed E-state index contributed by atoms with van der Waals surface area (Å²) >= 11 is 0. The van der Waals surface area contributed by atoms with E-state index in [0.717, 1.165) is 33.6 Å². The molecule has 1 fully saturated rings. The average molecular weight is 427 g/mol. The summed E-state index contributed by atoms with van der Waals surface area (Å²) in [6.07, 6.45) is 0. The van der Waals surface area contributed by atoms with Crippen LogP contribution in [0.4, 0.5) is 11.4 Å². The Balaban J connectivity index is 1.83. The largest absolute Gasteiger partial charge is 0.301 e. The molecule has 1 aliphatic rings. The minimum Gasteiger partial charge on any atom is -0.301 e. The van der Waals surface area contributed by atoms with Gasteiger partial charge >= 0.3 is 0 Å². The highest BCUT2D eigenvalue weighted by atomic mass is 16.2. The molecule has 1 aliphatic heterocycles. The molecule has 2 amide bonds. The van der Waals surface area contributed by atoms with Crippen molar-refractivity contribution in [3.8, 4) is 0 Å². The maximum atomic E-state index is 13.9. The zero-order chi connectivity index (χ0) is 23.0. The quantitative estimate of drug-likeness (QED) is 0.524. The molecule has 4 rings (SSSR count). The highest BCUT2D eigenvalue weighted by Crippen LogP contribution is 2.37. The van der Waals surface area contributed by atoms with E-state index in [1.165, 1.54) is 5.56 Å².